The Morgan fingerprint density at radius 2 is 1.96 bits per heavy atom. The molecule has 4 nitrogen and oxygen atoms in total. The molecule has 0 aliphatic heterocycles. The zero-order chi connectivity index (χ0) is 17.4. The fourth-order valence-electron chi connectivity index (χ4n) is 2.09. The summed E-state index contributed by atoms with van der Waals surface area (Å²) >= 11 is 4.95. The minimum atomic E-state index is -4.52. The van der Waals surface area contributed by atoms with Gasteiger partial charge in [-0.2, -0.15) is 13.2 Å². The van der Waals surface area contributed by atoms with E-state index in [9.17, 15) is 22.4 Å². The molecule has 1 aromatic carbocycles. The summed E-state index contributed by atoms with van der Waals surface area (Å²) in [6, 6.07) is 3.88. The third-order valence-electron chi connectivity index (χ3n) is 3.14. The number of aryl methyl sites for hydroxylation is 2. The molecule has 0 saturated carbocycles. The second-order valence-electron chi connectivity index (χ2n) is 5.01. The van der Waals surface area contributed by atoms with Crippen molar-refractivity contribution in [2.24, 2.45) is 0 Å². The van der Waals surface area contributed by atoms with E-state index in [4.69, 9.17) is 12.2 Å². The van der Waals surface area contributed by atoms with E-state index >= 15 is 0 Å². The molecule has 0 spiro atoms. The number of alkyl halides is 3. The van der Waals surface area contributed by atoms with Crippen LogP contribution in [0.1, 0.15) is 21.6 Å². The number of nitrogens with zero attached hydrogens (tertiary/aromatic N) is 1. The van der Waals surface area contributed by atoms with Crippen LogP contribution in [0.5, 0.6) is 0 Å². The number of rotatable bonds is 3. The van der Waals surface area contributed by atoms with E-state index in [2.05, 4.69) is 5.10 Å². The number of aromatic amines is 1. The number of nitrogens with one attached hydrogen (secondary N) is 2. The van der Waals surface area contributed by atoms with Gasteiger partial charge in [-0.1, -0.05) is 12.2 Å². The summed E-state index contributed by atoms with van der Waals surface area (Å²) in [6.07, 6.45) is -4.52. The molecule has 1 aromatic heterocycles. The quantitative estimate of drug-likeness (QED) is 0.659. The average Bonchev–Trinajstić information content (AvgIpc) is 2.74. The molecule has 0 aliphatic carbocycles. The lowest BCUT2D eigenvalue weighted by molar-refractivity contribution is -0.123. The molecular formula is C14H13F4N3OS. The molecule has 0 saturated heterocycles. The summed E-state index contributed by atoms with van der Waals surface area (Å²) in [7, 11) is 0. The first-order valence-electron chi connectivity index (χ1n) is 6.52. The Morgan fingerprint density at radius 3 is 2.48 bits per heavy atom. The van der Waals surface area contributed by atoms with Crippen molar-refractivity contribution < 1.29 is 22.4 Å². The average molecular weight is 347 g/mol. The zero-order valence-electron chi connectivity index (χ0n) is 12.2. The maximum Gasteiger partial charge on any atom is 0.405 e. The first-order valence-corrected chi connectivity index (χ1v) is 6.93. The number of hydrogen-bond acceptors (Lipinski definition) is 2. The van der Waals surface area contributed by atoms with E-state index in [1.165, 1.54) is 17.7 Å². The zero-order valence-corrected chi connectivity index (χ0v) is 13.0. The van der Waals surface area contributed by atoms with E-state index in [0.29, 0.717) is 10.3 Å². The van der Waals surface area contributed by atoms with Gasteiger partial charge in [0.25, 0.3) is 5.91 Å². The normalized spacial score (nSPS) is 11.6. The lowest BCUT2D eigenvalue weighted by Crippen LogP contribution is -2.34. The molecule has 2 N–H and O–H groups in total. The van der Waals surface area contributed by atoms with Crippen molar-refractivity contribution in [2.45, 2.75) is 20.0 Å². The second-order valence-corrected chi connectivity index (χ2v) is 5.45. The summed E-state index contributed by atoms with van der Waals surface area (Å²) in [5, 5.41) is 4.49. The smallest absolute Gasteiger partial charge is 0.343 e. The van der Waals surface area contributed by atoms with Gasteiger partial charge in [-0.3, -0.25) is 14.6 Å². The van der Waals surface area contributed by atoms with Gasteiger partial charge in [-0.05, 0) is 37.6 Å². The third kappa shape index (κ3) is 3.98. The maximum atomic E-state index is 14.2. The Morgan fingerprint density at radius 1 is 1.30 bits per heavy atom. The number of amides is 1. The maximum absolute atomic E-state index is 14.2. The van der Waals surface area contributed by atoms with Crippen molar-refractivity contribution >= 4 is 18.1 Å². The minimum absolute atomic E-state index is 0.00126. The van der Waals surface area contributed by atoms with Gasteiger partial charge in [-0.15, -0.1) is 0 Å². The number of halogens is 4. The van der Waals surface area contributed by atoms with Crippen molar-refractivity contribution in [1.82, 2.24) is 15.1 Å². The predicted molar refractivity (Wildman–Crippen MR) is 78.8 cm³/mol. The number of benzene rings is 1. The van der Waals surface area contributed by atoms with Crippen molar-refractivity contribution in [3.63, 3.8) is 0 Å². The molecule has 2 rings (SSSR count). The van der Waals surface area contributed by atoms with Gasteiger partial charge in [0.05, 0.1) is 5.69 Å². The lowest BCUT2D eigenvalue weighted by atomic mass is 10.1. The molecule has 9 heteroatoms. The highest BCUT2D eigenvalue weighted by Gasteiger charge is 2.28. The van der Waals surface area contributed by atoms with Gasteiger partial charge in [-0.25, -0.2) is 4.39 Å². The molecular weight excluding hydrogens is 334 g/mol. The summed E-state index contributed by atoms with van der Waals surface area (Å²) in [5.74, 6) is -1.55. The SMILES string of the molecule is Cc1cc(F)c(-n2[nH]c(=S)cc2C)cc1C(=O)NCC(F)(F)F. The summed E-state index contributed by atoms with van der Waals surface area (Å²) in [5.41, 5.74) is 0.785. The van der Waals surface area contributed by atoms with Gasteiger partial charge in [0, 0.05) is 11.3 Å². The van der Waals surface area contributed by atoms with Crippen LogP contribution in [0.2, 0.25) is 0 Å². The fourth-order valence-corrected chi connectivity index (χ4v) is 2.35. The highest BCUT2D eigenvalue weighted by atomic mass is 32.1. The Labute approximate surface area is 134 Å². The Bertz CT molecular complexity index is 807. The number of H-pyrrole nitrogens is 1. The standard InChI is InChI=1S/C14H13F4N3OS/c1-7-3-10(15)11(21-8(2)4-12(23)20-21)5-9(7)13(22)19-6-14(16,17)18/h3-5H,6H2,1-2H3,(H,19,22)(H,20,23). The largest absolute Gasteiger partial charge is 0.405 e. The topological polar surface area (TPSA) is 49.8 Å². The van der Waals surface area contributed by atoms with Gasteiger partial charge in [0.1, 0.15) is 17.0 Å². The molecule has 1 heterocycles. The van der Waals surface area contributed by atoms with Crippen molar-refractivity contribution in [3.05, 3.63) is 45.5 Å². The van der Waals surface area contributed by atoms with Crippen LogP contribution >= 0.6 is 12.2 Å². The van der Waals surface area contributed by atoms with Crippen LogP contribution in [0.4, 0.5) is 17.6 Å². The van der Waals surface area contributed by atoms with Gasteiger partial charge < -0.3 is 5.32 Å². The number of carbonyl (C=O) groups excluding carboxylic acids is 1. The number of hydrogen-bond donors (Lipinski definition) is 2. The Balaban J connectivity index is 2.42. The molecule has 2 aromatic rings. The van der Waals surface area contributed by atoms with E-state index in [1.54, 1.807) is 18.3 Å². The van der Waals surface area contributed by atoms with Gasteiger partial charge in [0.15, 0.2) is 0 Å². The van der Waals surface area contributed by atoms with Crippen LogP contribution in [-0.2, 0) is 0 Å². The van der Waals surface area contributed by atoms with Gasteiger partial charge in [0.2, 0.25) is 0 Å². The van der Waals surface area contributed by atoms with Crippen molar-refractivity contribution in [1.29, 1.82) is 0 Å². The van der Waals surface area contributed by atoms with Crippen LogP contribution in [0.3, 0.4) is 0 Å². The van der Waals surface area contributed by atoms with Gasteiger partial charge >= 0.3 is 6.18 Å². The minimum Gasteiger partial charge on any atom is -0.343 e. The molecule has 1 amide bonds. The van der Waals surface area contributed by atoms with E-state index in [-0.39, 0.29) is 16.8 Å². The molecule has 124 valence electrons. The van der Waals surface area contributed by atoms with E-state index < -0.39 is 24.4 Å². The number of aromatic nitrogens is 2. The van der Waals surface area contributed by atoms with Crippen molar-refractivity contribution in [3.8, 4) is 5.69 Å². The second kappa shape index (κ2) is 6.15. The summed E-state index contributed by atoms with van der Waals surface area (Å²) in [4.78, 5) is 11.9. The third-order valence-corrected chi connectivity index (χ3v) is 3.35. The predicted octanol–water partition coefficient (Wildman–Crippen LogP) is 3.58. The first kappa shape index (κ1) is 17.2. The molecule has 0 bridgehead atoms. The van der Waals surface area contributed by atoms with Crippen LogP contribution in [0, 0.1) is 24.3 Å². The molecule has 0 radical (unpaired) electrons. The molecule has 0 aliphatic rings. The Hall–Kier alpha value is -2.16. The van der Waals surface area contributed by atoms with Crippen molar-refractivity contribution in [2.75, 3.05) is 6.54 Å². The van der Waals surface area contributed by atoms with Crippen LogP contribution in [-0.4, -0.2) is 28.4 Å². The highest BCUT2D eigenvalue weighted by Crippen LogP contribution is 2.21. The number of carbonyl (C=O) groups is 1. The first-order chi connectivity index (χ1) is 10.6. The highest BCUT2D eigenvalue weighted by molar-refractivity contribution is 7.71. The summed E-state index contributed by atoms with van der Waals surface area (Å²) < 4.78 is 52.5. The molecule has 0 unspecified atom stereocenters. The lowest BCUT2D eigenvalue weighted by Gasteiger charge is -2.13. The van der Waals surface area contributed by atoms with E-state index in [0.717, 1.165) is 6.07 Å². The van der Waals surface area contributed by atoms with Crippen LogP contribution in [0.15, 0.2) is 18.2 Å². The molecule has 23 heavy (non-hydrogen) atoms. The fraction of sp³-hybridized carbons (Fsp3) is 0.286. The van der Waals surface area contributed by atoms with Crippen LogP contribution in [0.25, 0.3) is 5.69 Å². The molecule has 0 fully saturated rings. The molecule has 0 atom stereocenters. The monoisotopic (exact) mass is 347 g/mol. The van der Waals surface area contributed by atoms with Crippen LogP contribution < -0.4 is 5.32 Å². The Kier molecular flexibility index (Phi) is 4.60. The summed E-state index contributed by atoms with van der Waals surface area (Å²) in [6.45, 7) is 1.66. The van der Waals surface area contributed by atoms with E-state index in [1.807, 2.05) is 0 Å².